The third-order valence-electron chi connectivity index (χ3n) is 2.46. The van der Waals surface area contributed by atoms with Crippen LogP contribution in [0, 0.1) is 0 Å². The SMILES string of the molecule is CC(Nc1ccc(C(N)=O)cn1)c1ccsc1. The molecule has 1 atom stereocenters. The zero-order chi connectivity index (χ0) is 12.3. The zero-order valence-electron chi connectivity index (χ0n) is 9.38. The molecule has 5 heteroatoms. The van der Waals surface area contributed by atoms with E-state index in [2.05, 4.69) is 28.7 Å². The van der Waals surface area contributed by atoms with Gasteiger partial charge in [0.2, 0.25) is 5.91 Å². The lowest BCUT2D eigenvalue weighted by atomic mass is 10.2. The lowest BCUT2D eigenvalue weighted by Crippen LogP contribution is -2.12. The summed E-state index contributed by atoms with van der Waals surface area (Å²) >= 11 is 1.66. The maximum Gasteiger partial charge on any atom is 0.250 e. The lowest BCUT2D eigenvalue weighted by Gasteiger charge is -2.13. The van der Waals surface area contributed by atoms with Crippen molar-refractivity contribution in [2.75, 3.05) is 5.32 Å². The van der Waals surface area contributed by atoms with E-state index < -0.39 is 5.91 Å². The molecule has 2 heterocycles. The van der Waals surface area contributed by atoms with Crippen LogP contribution >= 0.6 is 11.3 Å². The van der Waals surface area contributed by atoms with Crippen LogP contribution < -0.4 is 11.1 Å². The number of anilines is 1. The van der Waals surface area contributed by atoms with E-state index in [-0.39, 0.29) is 6.04 Å². The highest BCUT2D eigenvalue weighted by Crippen LogP contribution is 2.19. The van der Waals surface area contributed by atoms with E-state index in [1.54, 1.807) is 23.5 Å². The second-order valence-corrected chi connectivity index (χ2v) is 4.50. The van der Waals surface area contributed by atoms with E-state index in [9.17, 15) is 4.79 Å². The summed E-state index contributed by atoms with van der Waals surface area (Å²) in [6, 6.07) is 5.68. The van der Waals surface area contributed by atoms with E-state index in [0.29, 0.717) is 5.56 Å². The highest BCUT2D eigenvalue weighted by molar-refractivity contribution is 7.07. The molecule has 0 aromatic carbocycles. The number of nitrogens with one attached hydrogen (secondary N) is 1. The van der Waals surface area contributed by atoms with Crippen molar-refractivity contribution in [3.63, 3.8) is 0 Å². The Morgan fingerprint density at radius 3 is 2.82 bits per heavy atom. The van der Waals surface area contributed by atoms with Crippen LogP contribution in [0.3, 0.4) is 0 Å². The number of hydrogen-bond donors (Lipinski definition) is 2. The van der Waals surface area contributed by atoms with Gasteiger partial charge in [0.15, 0.2) is 0 Å². The van der Waals surface area contributed by atoms with Gasteiger partial charge in [-0.3, -0.25) is 4.79 Å². The number of nitrogens with two attached hydrogens (primary N) is 1. The monoisotopic (exact) mass is 247 g/mol. The number of thiophene rings is 1. The average molecular weight is 247 g/mol. The first-order chi connectivity index (χ1) is 8.16. The molecule has 0 aliphatic heterocycles. The summed E-state index contributed by atoms with van der Waals surface area (Å²) in [5.41, 5.74) is 6.78. The summed E-state index contributed by atoms with van der Waals surface area (Å²) in [6.45, 7) is 2.06. The van der Waals surface area contributed by atoms with Gasteiger partial charge in [0, 0.05) is 6.20 Å². The fourth-order valence-corrected chi connectivity index (χ4v) is 2.21. The summed E-state index contributed by atoms with van der Waals surface area (Å²) in [7, 11) is 0. The Hall–Kier alpha value is -1.88. The van der Waals surface area contributed by atoms with Crippen molar-refractivity contribution < 1.29 is 4.79 Å². The molecule has 2 aromatic heterocycles. The standard InChI is InChI=1S/C12H13N3OS/c1-8(10-4-5-17-7-10)15-11-3-2-9(6-14-11)12(13)16/h2-8H,1H3,(H2,13,16)(H,14,15). The minimum absolute atomic E-state index is 0.188. The second kappa shape index (κ2) is 4.97. The van der Waals surface area contributed by atoms with Crippen LogP contribution in [0.5, 0.6) is 0 Å². The van der Waals surface area contributed by atoms with E-state index in [4.69, 9.17) is 5.73 Å². The highest BCUT2D eigenvalue weighted by atomic mass is 32.1. The Balaban J connectivity index is 2.06. The molecule has 0 aliphatic carbocycles. The fourth-order valence-electron chi connectivity index (χ4n) is 1.45. The molecular formula is C12H13N3OS. The molecule has 0 radical (unpaired) electrons. The van der Waals surface area contributed by atoms with Gasteiger partial charge >= 0.3 is 0 Å². The number of hydrogen-bond acceptors (Lipinski definition) is 4. The molecule has 0 bridgehead atoms. The predicted octanol–water partition coefficient (Wildman–Crippen LogP) is 2.42. The van der Waals surface area contributed by atoms with Crippen LogP contribution in [-0.4, -0.2) is 10.9 Å². The van der Waals surface area contributed by atoms with Crippen LogP contribution in [0.1, 0.15) is 28.9 Å². The Labute approximate surface area is 103 Å². The van der Waals surface area contributed by atoms with Crippen LogP contribution in [0.25, 0.3) is 0 Å². The smallest absolute Gasteiger partial charge is 0.250 e. The molecule has 17 heavy (non-hydrogen) atoms. The number of primary amides is 1. The third-order valence-corrected chi connectivity index (χ3v) is 3.16. The van der Waals surface area contributed by atoms with Crippen molar-refractivity contribution in [1.82, 2.24) is 4.98 Å². The van der Waals surface area contributed by atoms with E-state index in [1.165, 1.54) is 11.8 Å². The first-order valence-electron chi connectivity index (χ1n) is 5.21. The summed E-state index contributed by atoms with van der Waals surface area (Å²) in [5.74, 6) is 0.267. The Bertz CT molecular complexity index is 493. The van der Waals surface area contributed by atoms with Gasteiger partial charge in [-0.2, -0.15) is 11.3 Å². The molecule has 0 spiro atoms. The van der Waals surface area contributed by atoms with Crippen LogP contribution in [0.4, 0.5) is 5.82 Å². The van der Waals surface area contributed by atoms with Gasteiger partial charge in [-0.25, -0.2) is 4.98 Å². The molecule has 1 unspecified atom stereocenters. The first kappa shape index (κ1) is 11.6. The van der Waals surface area contributed by atoms with Crippen molar-refractivity contribution >= 4 is 23.1 Å². The Morgan fingerprint density at radius 2 is 2.29 bits per heavy atom. The van der Waals surface area contributed by atoms with Gasteiger partial charge in [-0.1, -0.05) is 0 Å². The molecule has 2 rings (SSSR count). The maximum absolute atomic E-state index is 10.9. The zero-order valence-corrected chi connectivity index (χ0v) is 10.2. The fraction of sp³-hybridized carbons (Fsp3) is 0.167. The summed E-state index contributed by atoms with van der Waals surface area (Å²) in [6.07, 6.45) is 1.48. The molecule has 0 fully saturated rings. The predicted molar refractivity (Wildman–Crippen MR) is 69.1 cm³/mol. The second-order valence-electron chi connectivity index (χ2n) is 3.72. The van der Waals surface area contributed by atoms with Gasteiger partial charge < -0.3 is 11.1 Å². The largest absolute Gasteiger partial charge is 0.366 e. The molecule has 3 N–H and O–H groups in total. The number of aromatic nitrogens is 1. The molecule has 2 aromatic rings. The summed E-state index contributed by atoms with van der Waals surface area (Å²) in [5, 5.41) is 7.39. The molecule has 4 nitrogen and oxygen atoms in total. The topological polar surface area (TPSA) is 68.0 Å². The Morgan fingerprint density at radius 1 is 1.47 bits per heavy atom. The number of carbonyl (C=O) groups excluding carboxylic acids is 1. The van der Waals surface area contributed by atoms with Crippen LogP contribution in [-0.2, 0) is 0 Å². The van der Waals surface area contributed by atoms with Crippen molar-refractivity contribution in [3.05, 3.63) is 46.3 Å². The van der Waals surface area contributed by atoms with E-state index in [1.807, 2.05) is 5.38 Å². The molecule has 1 amide bonds. The quantitative estimate of drug-likeness (QED) is 0.871. The molecule has 0 saturated carbocycles. The van der Waals surface area contributed by atoms with Gasteiger partial charge in [0.25, 0.3) is 0 Å². The van der Waals surface area contributed by atoms with Gasteiger partial charge in [0.1, 0.15) is 5.82 Å². The van der Waals surface area contributed by atoms with E-state index in [0.717, 1.165) is 5.82 Å². The first-order valence-corrected chi connectivity index (χ1v) is 6.15. The third kappa shape index (κ3) is 2.82. The van der Waals surface area contributed by atoms with Gasteiger partial charge in [-0.15, -0.1) is 0 Å². The lowest BCUT2D eigenvalue weighted by molar-refractivity contribution is 0.1000. The Kier molecular flexibility index (Phi) is 3.39. The van der Waals surface area contributed by atoms with Crippen molar-refractivity contribution in [1.29, 1.82) is 0 Å². The molecule has 0 saturated heterocycles. The summed E-state index contributed by atoms with van der Waals surface area (Å²) < 4.78 is 0. The van der Waals surface area contributed by atoms with Gasteiger partial charge in [0.05, 0.1) is 11.6 Å². The normalized spacial score (nSPS) is 12.1. The molecule has 88 valence electrons. The summed E-state index contributed by atoms with van der Waals surface area (Å²) in [4.78, 5) is 15.0. The minimum atomic E-state index is -0.463. The number of pyridine rings is 1. The minimum Gasteiger partial charge on any atom is -0.366 e. The maximum atomic E-state index is 10.9. The average Bonchev–Trinajstić information content (AvgIpc) is 2.83. The van der Waals surface area contributed by atoms with E-state index >= 15 is 0 Å². The van der Waals surface area contributed by atoms with Crippen molar-refractivity contribution in [2.24, 2.45) is 5.73 Å². The number of carbonyl (C=O) groups is 1. The van der Waals surface area contributed by atoms with Crippen LogP contribution in [0.2, 0.25) is 0 Å². The highest BCUT2D eigenvalue weighted by Gasteiger charge is 2.06. The number of rotatable bonds is 4. The van der Waals surface area contributed by atoms with Crippen molar-refractivity contribution in [2.45, 2.75) is 13.0 Å². The number of amides is 1. The molecular weight excluding hydrogens is 234 g/mol. The van der Waals surface area contributed by atoms with Gasteiger partial charge in [-0.05, 0) is 41.4 Å². The number of nitrogens with zero attached hydrogens (tertiary/aromatic N) is 1. The van der Waals surface area contributed by atoms with Crippen molar-refractivity contribution in [3.8, 4) is 0 Å². The van der Waals surface area contributed by atoms with Crippen LogP contribution in [0.15, 0.2) is 35.2 Å². The molecule has 0 aliphatic rings.